The monoisotopic (exact) mass is 250 g/mol. The average molecular weight is 250 g/mol. The smallest absolute Gasteiger partial charge is 0.276 e. The van der Waals surface area contributed by atoms with E-state index in [4.69, 9.17) is 5.73 Å². The highest BCUT2D eigenvalue weighted by molar-refractivity contribution is 5.97. The molecule has 5 heteroatoms. The Morgan fingerprint density at radius 3 is 2.94 bits per heavy atom. The Hall–Kier alpha value is -1.78. The minimum absolute atomic E-state index is 0.129. The molecule has 0 atom stereocenters. The van der Waals surface area contributed by atoms with Crippen LogP contribution in [0.2, 0.25) is 0 Å². The van der Waals surface area contributed by atoms with Crippen molar-refractivity contribution < 1.29 is 4.79 Å². The molecule has 1 heterocycles. The zero-order chi connectivity index (χ0) is 13.5. The first-order chi connectivity index (χ1) is 8.61. The van der Waals surface area contributed by atoms with Crippen LogP contribution in [0, 0.1) is 0 Å². The zero-order valence-electron chi connectivity index (χ0n) is 11.2. The highest BCUT2D eigenvalue weighted by Crippen LogP contribution is 2.17. The van der Waals surface area contributed by atoms with E-state index >= 15 is 0 Å². The van der Waals surface area contributed by atoms with Crippen LogP contribution in [0.4, 0.5) is 5.69 Å². The maximum atomic E-state index is 12.1. The number of nitrogens with zero attached hydrogens (tertiary/aromatic N) is 2. The van der Waals surface area contributed by atoms with Gasteiger partial charge in [-0.05, 0) is 19.3 Å². The predicted octanol–water partition coefficient (Wildman–Crippen LogP) is 1.98. The summed E-state index contributed by atoms with van der Waals surface area (Å²) in [4.78, 5) is 13.8. The van der Waals surface area contributed by atoms with Crippen molar-refractivity contribution in [2.24, 2.45) is 0 Å². The van der Waals surface area contributed by atoms with Gasteiger partial charge in [0.05, 0.1) is 11.4 Å². The summed E-state index contributed by atoms with van der Waals surface area (Å²) in [5, 5.41) is 6.86. The van der Waals surface area contributed by atoms with E-state index < -0.39 is 0 Å². The van der Waals surface area contributed by atoms with Crippen molar-refractivity contribution in [3.8, 4) is 0 Å². The quantitative estimate of drug-likeness (QED) is 0.574. The number of carbonyl (C=O) groups excluding carboxylic acids is 1. The molecule has 0 saturated carbocycles. The van der Waals surface area contributed by atoms with Gasteiger partial charge in [-0.1, -0.05) is 19.4 Å². The number of hydrogen-bond acceptors (Lipinski definition) is 3. The molecule has 0 radical (unpaired) electrons. The third-order valence-electron chi connectivity index (χ3n) is 2.83. The second-order valence-corrected chi connectivity index (χ2v) is 4.37. The molecule has 0 aliphatic rings. The Balaban J connectivity index is 2.68. The Bertz CT molecular complexity index is 411. The summed E-state index contributed by atoms with van der Waals surface area (Å²) >= 11 is 0. The van der Waals surface area contributed by atoms with Gasteiger partial charge < -0.3 is 10.6 Å². The van der Waals surface area contributed by atoms with Crippen molar-refractivity contribution in [1.82, 2.24) is 15.1 Å². The van der Waals surface area contributed by atoms with Gasteiger partial charge in [0, 0.05) is 13.6 Å². The molecule has 100 valence electrons. The second-order valence-electron chi connectivity index (χ2n) is 4.37. The fourth-order valence-corrected chi connectivity index (χ4v) is 1.75. The molecule has 0 fully saturated rings. The van der Waals surface area contributed by atoms with Crippen LogP contribution in [0.15, 0.2) is 12.7 Å². The lowest BCUT2D eigenvalue weighted by Gasteiger charge is -2.15. The van der Waals surface area contributed by atoms with Gasteiger partial charge in [-0.3, -0.25) is 9.89 Å². The van der Waals surface area contributed by atoms with Gasteiger partial charge in [0.2, 0.25) is 0 Å². The maximum Gasteiger partial charge on any atom is 0.276 e. The summed E-state index contributed by atoms with van der Waals surface area (Å²) in [6.45, 7) is 6.40. The molecular weight excluding hydrogens is 228 g/mol. The largest absolute Gasteiger partial charge is 0.395 e. The Morgan fingerprint density at radius 1 is 1.61 bits per heavy atom. The maximum absolute atomic E-state index is 12.1. The number of nitrogens with one attached hydrogen (secondary N) is 1. The molecule has 5 nitrogen and oxygen atoms in total. The number of aromatic amines is 1. The molecule has 3 N–H and O–H groups in total. The molecule has 0 saturated heterocycles. The molecule has 1 rings (SSSR count). The third-order valence-corrected chi connectivity index (χ3v) is 2.83. The van der Waals surface area contributed by atoms with Gasteiger partial charge in [0.25, 0.3) is 5.91 Å². The van der Waals surface area contributed by atoms with Crippen LogP contribution in [0.5, 0.6) is 0 Å². The average Bonchev–Trinajstić information content (AvgIpc) is 2.71. The Kier molecular flexibility index (Phi) is 5.42. The number of unbranched alkanes of at least 4 members (excludes halogenated alkanes) is 1. The topological polar surface area (TPSA) is 75.0 Å². The number of anilines is 1. The summed E-state index contributed by atoms with van der Waals surface area (Å²) in [5.74, 6) is -0.129. The van der Waals surface area contributed by atoms with Crippen molar-refractivity contribution in [2.75, 3.05) is 19.3 Å². The number of aryl methyl sites for hydroxylation is 1. The van der Waals surface area contributed by atoms with Crippen molar-refractivity contribution in [3.63, 3.8) is 0 Å². The van der Waals surface area contributed by atoms with E-state index in [1.54, 1.807) is 11.9 Å². The first-order valence-corrected chi connectivity index (χ1v) is 6.30. The summed E-state index contributed by atoms with van der Waals surface area (Å²) in [7, 11) is 1.76. The number of rotatable bonds is 7. The number of carbonyl (C=O) groups is 1. The summed E-state index contributed by atoms with van der Waals surface area (Å²) in [6, 6.07) is 0. The van der Waals surface area contributed by atoms with Crippen molar-refractivity contribution in [3.05, 3.63) is 24.0 Å². The molecule has 0 aliphatic heterocycles. The van der Waals surface area contributed by atoms with E-state index in [2.05, 4.69) is 23.7 Å². The van der Waals surface area contributed by atoms with Crippen LogP contribution in [-0.4, -0.2) is 34.6 Å². The molecule has 1 aromatic rings. The minimum atomic E-state index is -0.129. The van der Waals surface area contributed by atoms with Gasteiger partial charge >= 0.3 is 0 Å². The zero-order valence-corrected chi connectivity index (χ0v) is 11.2. The van der Waals surface area contributed by atoms with Crippen LogP contribution in [0.25, 0.3) is 0 Å². The molecule has 18 heavy (non-hydrogen) atoms. The van der Waals surface area contributed by atoms with Gasteiger partial charge in [0.1, 0.15) is 0 Å². The fraction of sp³-hybridized carbons (Fsp3) is 0.538. The van der Waals surface area contributed by atoms with E-state index in [1.807, 2.05) is 6.08 Å². The van der Waals surface area contributed by atoms with Gasteiger partial charge in [0.15, 0.2) is 5.69 Å². The molecular formula is C13H22N4O. The number of H-pyrrole nitrogens is 1. The lowest BCUT2D eigenvalue weighted by molar-refractivity contribution is 0.0789. The van der Waals surface area contributed by atoms with Crippen LogP contribution in [-0.2, 0) is 6.42 Å². The van der Waals surface area contributed by atoms with E-state index in [-0.39, 0.29) is 5.91 Å². The highest BCUT2D eigenvalue weighted by atomic mass is 16.2. The highest BCUT2D eigenvalue weighted by Gasteiger charge is 2.19. The fourth-order valence-electron chi connectivity index (χ4n) is 1.75. The van der Waals surface area contributed by atoms with Crippen LogP contribution < -0.4 is 5.73 Å². The Morgan fingerprint density at radius 2 is 2.33 bits per heavy atom. The number of nitrogens with two attached hydrogens (primary N) is 1. The van der Waals surface area contributed by atoms with E-state index in [1.165, 1.54) is 0 Å². The minimum Gasteiger partial charge on any atom is -0.395 e. The van der Waals surface area contributed by atoms with Crippen LogP contribution in [0.3, 0.4) is 0 Å². The normalized spacial score (nSPS) is 10.3. The molecule has 0 spiro atoms. The van der Waals surface area contributed by atoms with E-state index in [0.717, 1.165) is 31.4 Å². The number of aromatic nitrogens is 2. The molecule has 1 aromatic heterocycles. The van der Waals surface area contributed by atoms with E-state index in [9.17, 15) is 4.79 Å². The van der Waals surface area contributed by atoms with E-state index in [0.29, 0.717) is 17.9 Å². The standard InChI is InChI=1S/C13H22N4O/c1-4-6-7-9-17(3)13(18)12-11(14)10(8-5-2)15-16-12/h4H,1,5-9,14H2,2-3H3,(H,15,16). The molecule has 1 amide bonds. The molecule has 0 aromatic carbocycles. The summed E-state index contributed by atoms with van der Waals surface area (Å²) < 4.78 is 0. The third kappa shape index (κ3) is 3.35. The van der Waals surface area contributed by atoms with Crippen molar-refractivity contribution >= 4 is 11.6 Å². The molecule has 0 unspecified atom stereocenters. The first-order valence-electron chi connectivity index (χ1n) is 6.30. The van der Waals surface area contributed by atoms with Crippen molar-refractivity contribution in [2.45, 2.75) is 32.6 Å². The van der Waals surface area contributed by atoms with Gasteiger partial charge in [-0.2, -0.15) is 5.10 Å². The lowest BCUT2D eigenvalue weighted by atomic mass is 10.2. The molecule has 0 bridgehead atoms. The summed E-state index contributed by atoms with van der Waals surface area (Å²) in [6.07, 6.45) is 5.43. The lowest BCUT2D eigenvalue weighted by Crippen LogP contribution is -2.28. The SMILES string of the molecule is C=CCCCN(C)C(=O)c1n[nH]c(CCC)c1N. The predicted molar refractivity (Wildman–Crippen MR) is 73.4 cm³/mol. The first kappa shape index (κ1) is 14.3. The van der Waals surface area contributed by atoms with Gasteiger partial charge in [-0.15, -0.1) is 6.58 Å². The molecule has 0 aliphatic carbocycles. The van der Waals surface area contributed by atoms with Crippen molar-refractivity contribution in [1.29, 1.82) is 0 Å². The van der Waals surface area contributed by atoms with Crippen LogP contribution in [0.1, 0.15) is 42.4 Å². The van der Waals surface area contributed by atoms with Gasteiger partial charge in [-0.25, -0.2) is 0 Å². The number of amides is 1. The number of nitrogen functional groups attached to an aromatic ring is 1. The summed E-state index contributed by atoms with van der Waals surface area (Å²) in [5.41, 5.74) is 7.59. The number of allylic oxidation sites excluding steroid dienone is 1. The Labute approximate surface area is 108 Å². The van der Waals surface area contributed by atoms with Crippen LogP contribution >= 0.6 is 0 Å². The number of hydrogen-bond donors (Lipinski definition) is 2. The second kappa shape index (κ2) is 6.83.